The maximum absolute atomic E-state index is 12.2. The van der Waals surface area contributed by atoms with Crippen molar-refractivity contribution in [3.63, 3.8) is 0 Å². The highest BCUT2D eigenvalue weighted by Crippen LogP contribution is 2.26. The lowest BCUT2D eigenvalue weighted by molar-refractivity contribution is -0.385. The molecule has 0 bridgehead atoms. The number of carboxylic acid groups (broad SMARTS) is 1. The van der Waals surface area contributed by atoms with Gasteiger partial charge in [-0.25, -0.2) is 0 Å². The van der Waals surface area contributed by atoms with Crippen molar-refractivity contribution in [2.24, 2.45) is 5.41 Å². The summed E-state index contributed by atoms with van der Waals surface area (Å²) in [6, 6.07) is 4.25. The third-order valence-electron chi connectivity index (χ3n) is 3.99. The van der Waals surface area contributed by atoms with Crippen LogP contribution in [0.5, 0.6) is 0 Å². The zero-order valence-electron chi connectivity index (χ0n) is 12.9. The smallest absolute Gasteiger partial charge is 0.311 e. The molecule has 1 aromatic carbocycles. The number of carbonyl (C=O) groups is 2. The summed E-state index contributed by atoms with van der Waals surface area (Å²) in [5.74, 6) is -1.63. The van der Waals surface area contributed by atoms with Crippen LogP contribution >= 0.6 is 0 Å². The molecule has 0 aromatic heterocycles. The highest BCUT2D eigenvalue weighted by molar-refractivity contribution is 5.98. The van der Waals surface area contributed by atoms with Crippen molar-refractivity contribution >= 4 is 17.6 Å². The van der Waals surface area contributed by atoms with E-state index in [1.165, 1.54) is 12.1 Å². The number of nitro benzene ring substituents is 1. The van der Waals surface area contributed by atoms with E-state index in [4.69, 9.17) is 0 Å². The summed E-state index contributed by atoms with van der Waals surface area (Å²) in [5, 5.41) is 22.8. The predicted octanol–water partition coefficient (Wildman–Crippen LogP) is 2.52. The topological polar surface area (TPSA) is 110 Å². The Kier molecular flexibility index (Phi) is 5.62. The number of amides is 1. The number of aliphatic carboxylic acids is 1. The summed E-state index contributed by atoms with van der Waals surface area (Å²) in [7, 11) is 0. The van der Waals surface area contributed by atoms with E-state index in [2.05, 4.69) is 5.32 Å². The van der Waals surface area contributed by atoms with Crippen LogP contribution in [0.25, 0.3) is 0 Å². The Hall–Kier alpha value is -2.44. The van der Waals surface area contributed by atoms with Crippen LogP contribution in [-0.4, -0.2) is 28.5 Å². The summed E-state index contributed by atoms with van der Waals surface area (Å²) in [6.45, 7) is 5.12. The molecule has 0 aliphatic carbocycles. The van der Waals surface area contributed by atoms with E-state index < -0.39 is 22.2 Å². The van der Waals surface area contributed by atoms with Crippen LogP contribution in [0.4, 0.5) is 5.69 Å². The third kappa shape index (κ3) is 3.60. The summed E-state index contributed by atoms with van der Waals surface area (Å²) < 4.78 is 0. The number of hydrogen-bond donors (Lipinski definition) is 2. The average Bonchev–Trinajstić information content (AvgIpc) is 2.47. The molecule has 0 aliphatic rings. The molecule has 120 valence electrons. The largest absolute Gasteiger partial charge is 0.481 e. The minimum absolute atomic E-state index is 0.0588. The number of benzene rings is 1. The number of nitrogens with zero attached hydrogens (tertiary/aromatic N) is 1. The summed E-state index contributed by atoms with van der Waals surface area (Å²) in [4.78, 5) is 34.0. The van der Waals surface area contributed by atoms with Crippen LogP contribution in [0, 0.1) is 22.5 Å². The molecule has 7 heteroatoms. The molecule has 0 saturated heterocycles. The number of carbonyl (C=O) groups excluding carboxylic acids is 1. The minimum atomic E-state index is -1.06. The van der Waals surface area contributed by atoms with Crippen LogP contribution in [0.2, 0.25) is 0 Å². The number of carboxylic acids is 1. The van der Waals surface area contributed by atoms with Gasteiger partial charge >= 0.3 is 5.97 Å². The Morgan fingerprint density at radius 2 is 1.91 bits per heavy atom. The lowest BCUT2D eigenvalue weighted by Gasteiger charge is -2.26. The third-order valence-corrected chi connectivity index (χ3v) is 3.99. The fraction of sp³-hybridized carbons (Fsp3) is 0.467. The first-order valence-electron chi connectivity index (χ1n) is 7.04. The molecule has 0 aliphatic heterocycles. The summed E-state index contributed by atoms with van der Waals surface area (Å²) in [6.07, 6.45) is 0.712. The van der Waals surface area contributed by atoms with Crippen molar-refractivity contribution < 1.29 is 19.6 Å². The van der Waals surface area contributed by atoms with Gasteiger partial charge < -0.3 is 10.4 Å². The monoisotopic (exact) mass is 308 g/mol. The Labute approximate surface area is 128 Å². The molecule has 0 atom stereocenters. The van der Waals surface area contributed by atoms with E-state index in [-0.39, 0.29) is 17.8 Å². The molecule has 7 nitrogen and oxygen atoms in total. The first-order valence-corrected chi connectivity index (χ1v) is 7.04. The van der Waals surface area contributed by atoms with Crippen molar-refractivity contribution in [1.29, 1.82) is 0 Å². The van der Waals surface area contributed by atoms with Gasteiger partial charge in [-0.1, -0.05) is 19.9 Å². The number of rotatable bonds is 7. The van der Waals surface area contributed by atoms with Gasteiger partial charge in [-0.15, -0.1) is 0 Å². The van der Waals surface area contributed by atoms with Crippen molar-refractivity contribution in [2.45, 2.75) is 33.6 Å². The maximum Gasteiger partial charge on any atom is 0.311 e. The second-order valence-corrected chi connectivity index (χ2v) is 5.25. The first kappa shape index (κ1) is 17.6. The fourth-order valence-electron chi connectivity index (χ4n) is 2.21. The van der Waals surface area contributed by atoms with Crippen LogP contribution in [-0.2, 0) is 4.79 Å². The zero-order valence-corrected chi connectivity index (χ0v) is 12.9. The molecule has 0 radical (unpaired) electrons. The van der Waals surface area contributed by atoms with Crippen molar-refractivity contribution in [2.75, 3.05) is 6.54 Å². The van der Waals surface area contributed by atoms with Crippen LogP contribution in [0.15, 0.2) is 18.2 Å². The molecule has 0 spiro atoms. The normalized spacial score (nSPS) is 11.0. The Morgan fingerprint density at radius 1 is 1.32 bits per heavy atom. The molecular weight excluding hydrogens is 288 g/mol. The number of nitro groups is 1. The van der Waals surface area contributed by atoms with E-state index in [0.29, 0.717) is 18.4 Å². The van der Waals surface area contributed by atoms with Gasteiger partial charge in [-0.05, 0) is 31.4 Å². The van der Waals surface area contributed by atoms with Gasteiger partial charge in [0.15, 0.2) is 0 Å². The van der Waals surface area contributed by atoms with Crippen molar-refractivity contribution in [1.82, 2.24) is 5.32 Å². The minimum Gasteiger partial charge on any atom is -0.481 e. The number of aryl methyl sites for hydroxylation is 1. The lowest BCUT2D eigenvalue weighted by atomic mass is 9.82. The molecule has 0 unspecified atom stereocenters. The highest BCUT2D eigenvalue weighted by atomic mass is 16.6. The SMILES string of the molecule is CCC(CC)(CNC(=O)c1cc(C)ccc1[N+](=O)[O-])C(=O)O. The molecular formula is C15H20N2O5. The average molecular weight is 308 g/mol. The van der Waals surface area contributed by atoms with Gasteiger partial charge in [-0.3, -0.25) is 19.7 Å². The molecule has 0 fully saturated rings. The lowest BCUT2D eigenvalue weighted by Crippen LogP contribution is -2.42. The molecule has 2 N–H and O–H groups in total. The fourth-order valence-corrected chi connectivity index (χ4v) is 2.21. The van der Waals surface area contributed by atoms with E-state index >= 15 is 0 Å². The molecule has 1 amide bonds. The van der Waals surface area contributed by atoms with Gasteiger partial charge in [0.05, 0.1) is 10.3 Å². The zero-order chi connectivity index (χ0) is 16.9. The van der Waals surface area contributed by atoms with Crippen molar-refractivity contribution in [3.05, 3.63) is 39.4 Å². The molecule has 0 saturated carbocycles. The molecule has 1 rings (SSSR count). The molecule has 22 heavy (non-hydrogen) atoms. The van der Waals surface area contributed by atoms with Crippen LogP contribution in [0.3, 0.4) is 0 Å². The van der Waals surface area contributed by atoms with E-state index in [9.17, 15) is 24.8 Å². The Morgan fingerprint density at radius 3 is 2.36 bits per heavy atom. The summed E-state index contributed by atoms with van der Waals surface area (Å²) in [5.41, 5.74) is -0.700. The van der Waals surface area contributed by atoms with E-state index in [1.54, 1.807) is 26.8 Å². The maximum atomic E-state index is 12.2. The number of hydrogen-bond acceptors (Lipinski definition) is 4. The summed E-state index contributed by atoms with van der Waals surface area (Å²) >= 11 is 0. The van der Waals surface area contributed by atoms with Crippen LogP contribution < -0.4 is 5.32 Å². The van der Waals surface area contributed by atoms with Gasteiger partial charge in [0, 0.05) is 12.6 Å². The van der Waals surface area contributed by atoms with Gasteiger partial charge in [-0.2, -0.15) is 0 Å². The highest BCUT2D eigenvalue weighted by Gasteiger charge is 2.35. The van der Waals surface area contributed by atoms with Gasteiger partial charge in [0.1, 0.15) is 5.56 Å². The van der Waals surface area contributed by atoms with E-state index in [1.807, 2.05) is 0 Å². The van der Waals surface area contributed by atoms with Crippen molar-refractivity contribution in [3.8, 4) is 0 Å². The quantitative estimate of drug-likeness (QED) is 0.594. The standard InChI is InChI=1S/C15H20N2O5/c1-4-15(5-2,14(19)20)9-16-13(18)11-8-10(3)6-7-12(11)17(21)22/h6-8H,4-5,9H2,1-3H3,(H,16,18)(H,19,20). The Bertz CT molecular complexity index is 594. The van der Waals surface area contributed by atoms with Gasteiger partial charge in [0.25, 0.3) is 11.6 Å². The van der Waals surface area contributed by atoms with E-state index in [0.717, 1.165) is 0 Å². The molecule has 0 heterocycles. The second-order valence-electron chi connectivity index (χ2n) is 5.25. The predicted molar refractivity (Wildman–Crippen MR) is 80.8 cm³/mol. The van der Waals surface area contributed by atoms with Crippen LogP contribution in [0.1, 0.15) is 42.6 Å². The Balaban J connectivity index is 3.01. The first-order chi connectivity index (χ1) is 10.3. The second kappa shape index (κ2) is 7.02. The van der Waals surface area contributed by atoms with Gasteiger partial charge in [0.2, 0.25) is 0 Å². The molecule has 1 aromatic rings. The number of nitrogens with one attached hydrogen (secondary N) is 1.